The Labute approximate surface area is 123 Å². The largest absolute Gasteiger partial charge is 0.307 e. The van der Waals surface area contributed by atoms with Crippen molar-refractivity contribution in [1.29, 1.82) is 0 Å². The molecule has 0 fully saturated rings. The van der Waals surface area contributed by atoms with Gasteiger partial charge in [0.25, 0.3) is 5.91 Å². The smallest absolute Gasteiger partial charge is 0.261 e. The molecule has 2 rings (SSSR count). The molecular formula is C17H17F2NO. The highest BCUT2D eigenvalue weighted by Crippen LogP contribution is 2.33. The number of carbonyl (C=O) groups is 1. The Kier molecular flexibility index (Phi) is 4.36. The Morgan fingerprint density at radius 1 is 1.38 bits per heavy atom. The van der Waals surface area contributed by atoms with E-state index in [1.165, 1.54) is 11.0 Å². The highest BCUT2D eigenvalue weighted by atomic mass is 19.1. The number of carbonyl (C=O) groups excluding carboxylic acids is 1. The van der Waals surface area contributed by atoms with Crippen molar-refractivity contribution in [3.05, 3.63) is 72.0 Å². The molecule has 0 aliphatic carbocycles. The molecule has 110 valence electrons. The Morgan fingerprint density at radius 3 is 2.62 bits per heavy atom. The van der Waals surface area contributed by atoms with Gasteiger partial charge in [0.05, 0.1) is 5.56 Å². The molecule has 1 aliphatic rings. The van der Waals surface area contributed by atoms with Crippen LogP contribution in [0.3, 0.4) is 0 Å². The standard InChI is InChI=1S/C17H17F2NO/c1-4-11-10-20(16(6-3)13(11)5-2)17(21)14-8-7-12(18)9-15(14)19/h5-9,11H,2-4,10H2,1H3. The van der Waals surface area contributed by atoms with E-state index in [1.807, 2.05) is 6.92 Å². The number of hydrogen-bond acceptors (Lipinski definition) is 1. The number of hydrogen-bond donors (Lipinski definition) is 0. The molecular weight excluding hydrogens is 272 g/mol. The van der Waals surface area contributed by atoms with Crippen LogP contribution in [0.2, 0.25) is 0 Å². The topological polar surface area (TPSA) is 20.3 Å². The molecule has 4 heteroatoms. The third kappa shape index (κ3) is 2.66. The fraction of sp³-hybridized carbons (Fsp3) is 0.235. The summed E-state index contributed by atoms with van der Waals surface area (Å²) < 4.78 is 26.8. The Hall–Kier alpha value is -2.23. The first-order valence-corrected chi connectivity index (χ1v) is 6.79. The Bertz CT molecular complexity index is 634. The summed E-state index contributed by atoms with van der Waals surface area (Å²) in [6.45, 7) is 9.96. The van der Waals surface area contributed by atoms with E-state index in [9.17, 15) is 13.6 Å². The van der Waals surface area contributed by atoms with E-state index in [4.69, 9.17) is 0 Å². The zero-order valence-electron chi connectivity index (χ0n) is 11.9. The molecule has 1 unspecified atom stereocenters. The van der Waals surface area contributed by atoms with E-state index in [0.717, 1.165) is 18.1 Å². The van der Waals surface area contributed by atoms with Gasteiger partial charge in [-0.3, -0.25) is 4.79 Å². The predicted octanol–water partition coefficient (Wildman–Crippen LogP) is 4.07. The third-order valence-corrected chi connectivity index (χ3v) is 3.74. The third-order valence-electron chi connectivity index (χ3n) is 3.74. The second-order valence-corrected chi connectivity index (χ2v) is 4.89. The second-order valence-electron chi connectivity index (χ2n) is 4.89. The average Bonchev–Trinajstić information content (AvgIpc) is 2.84. The van der Waals surface area contributed by atoms with E-state index in [2.05, 4.69) is 13.2 Å². The fourth-order valence-corrected chi connectivity index (χ4v) is 2.63. The molecule has 0 saturated heterocycles. The van der Waals surface area contributed by atoms with Crippen molar-refractivity contribution in [2.75, 3.05) is 6.54 Å². The summed E-state index contributed by atoms with van der Waals surface area (Å²) in [5.74, 6) is -1.90. The molecule has 21 heavy (non-hydrogen) atoms. The van der Waals surface area contributed by atoms with Gasteiger partial charge in [-0.1, -0.05) is 26.2 Å². The number of halogens is 2. The summed E-state index contributed by atoms with van der Waals surface area (Å²) in [5, 5.41) is 0. The van der Waals surface area contributed by atoms with Crippen LogP contribution < -0.4 is 0 Å². The second kappa shape index (κ2) is 6.04. The van der Waals surface area contributed by atoms with Gasteiger partial charge in [0.1, 0.15) is 11.6 Å². The number of rotatable bonds is 4. The zero-order valence-corrected chi connectivity index (χ0v) is 11.9. The molecule has 2 nitrogen and oxygen atoms in total. The molecule has 1 atom stereocenters. The molecule has 0 radical (unpaired) electrons. The van der Waals surface area contributed by atoms with Crippen molar-refractivity contribution in [2.24, 2.45) is 5.92 Å². The summed E-state index contributed by atoms with van der Waals surface area (Å²) in [6, 6.07) is 2.96. The van der Waals surface area contributed by atoms with E-state index in [1.54, 1.807) is 12.2 Å². The predicted molar refractivity (Wildman–Crippen MR) is 78.6 cm³/mol. The van der Waals surface area contributed by atoms with Gasteiger partial charge in [-0.15, -0.1) is 0 Å². The van der Waals surface area contributed by atoms with Gasteiger partial charge in [0.15, 0.2) is 0 Å². The van der Waals surface area contributed by atoms with Crippen molar-refractivity contribution in [1.82, 2.24) is 4.90 Å². The minimum Gasteiger partial charge on any atom is -0.307 e. The molecule has 1 aromatic rings. The lowest BCUT2D eigenvalue weighted by Crippen LogP contribution is -2.29. The van der Waals surface area contributed by atoms with Gasteiger partial charge in [-0.05, 0) is 30.2 Å². The lowest BCUT2D eigenvalue weighted by molar-refractivity contribution is 0.0809. The summed E-state index contributed by atoms with van der Waals surface area (Å²) in [4.78, 5) is 14.0. The first-order chi connectivity index (χ1) is 10.0. The first kappa shape index (κ1) is 15.2. The van der Waals surface area contributed by atoms with Crippen LogP contribution in [0.4, 0.5) is 8.78 Å². The van der Waals surface area contributed by atoms with Gasteiger partial charge in [0.2, 0.25) is 0 Å². The van der Waals surface area contributed by atoms with Crippen molar-refractivity contribution in [2.45, 2.75) is 13.3 Å². The lowest BCUT2D eigenvalue weighted by atomic mass is 9.98. The molecule has 1 aliphatic heterocycles. The normalized spacial score (nSPS) is 18.0. The molecule has 0 spiro atoms. The monoisotopic (exact) mass is 289 g/mol. The number of benzene rings is 1. The van der Waals surface area contributed by atoms with Gasteiger partial charge >= 0.3 is 0 Å². The minimum atomic E-state index is -0.858. The minimum absolute atomic E-state index is 0.143. The van der Waals surface area contributed by atoms with Gasteiger partial charge in [0, 0.05) is 24.2 Å². The van der Waals surface area contributed by atoms with Crippen molar-refractivity contribution < 1.29 is 13.6 Å². The number of allylic oxidation sites excluding steroid dienone is 2. The van der Waals surface area contributed by atoms with Gasteiger partial charge < -0.3 is 4.90 Å². The van der Waals surface area contributed by atoms with E-state index in [-0.39, 0.29) is 11.5 Å². The fourth-order valence-electron chi connectivity index (χ4n) is 2.63. The lowest BCUT2D eigenvalue weighted by Gasteiger charge is -2.19. The SMILES string of the molecule is C=CC1=C(C=C)N(C(=O)c2ccc(F)cc2F)CC1CC. The van der Waals surface area contributed by atoms with Crippen LogP contribution in [0.15, 0.2) is 54.8 Å². The van der Waals surface area contributed by atoms with Crippen LogP contribution in [-0.2, 0) is 0 Å². The van der Waals surface area contributed by atoms with Crippen molar-refractivity contribution in [3.8, 4) is 0 Å². The molecule has 1 heterocycles. The molecule has 0 bridgehead atoms. The average molecular weight is 289 g/mol. The maximum atomic E-state index is 13.8. The zero-order chi connectivity index (χ0) is 15.6. The summed E-state index contributed by atoms with van der Waals surface area (Å²) >= 11 is 0. The van der Waals surface area contributed by atoms with E-state index < -0.39 is 17.5 Å². The highest BCUT2D eigenvalue weighted by Gasteiger charge is 2.32. The first-order valence-electron chi connectivity index (χ1n) is 6.79. The van der Waals surface area contributed by atoms with Crippen LogP contribution in [0.25, 0.3) is 0 Å². The summed E-state index contributed by atoms with van der Waals surface area (Å²) in [5.41, 5.74) is 1.44. The van der Waals surface area contributed by atoms with Crippen LogP contribution >= 0.6 is 0 Å². The molecule has 0 N–H and O–H groups in total. The molecule has 1 aromatic carbocycles. The van der Waals surface area contributed by atoms with E-state index in [0.29, 0.717) is 18.3 Å². The van der Waals surface area contributed by atoms with Crippen LogP contribution in [-0.4, -0.2) is 17.4 Å². The van der Waals surface area contributed by atoms with E-state index >= 15 is 0 Å². The number of nitrogens with zero attached hydrogens (tertiary/aromatic N) is 1. The van der Waals surface area contributed by atoms with Crippen LogP contribution in [0.1, 0.15) is 23.7 Å². The Morgan fingerprint density at radius 2 is 2.10 bits per heavy atom. The summed E-state index contributed by atoms with van der Waals surface area (Å²) in [6.07, 6.45) is 4.12. The van der Waals surface area contributed by atoms with Gasteiger partial charge in [-0.25, -0.2) is 8.78 Å². The van der Waals surface area contributed by atoms with Crippen LogP contribution in [0, 0.1) is 17.6 Å². The molecule has 0 aromatic heterocycles. The maximum absolute atomic E-state index is 13.8. The summed E-state index contributed by atoms with van der Waals surface area (Å²) in [7, 11) is 0. The van der Waals surface area contributed by atoms with Gasteiger partial charge in [-0.2, -0.15) is 0 Å². The highest BCUT2D eigenvalue weighted by molar-refractivity contribution is 5.96. The Balaban J connectivity index is 2.42. The molecule has 0 saturated carbocycles. The van der Waals surface area contributed by atoms with Crippen LogP contribution in [0.5, 0.6) is 0 Å². The quantitative estimate of drug-likeness (QED) is 0.818. The maximum Gasteiger partial charge on any atom is 0.261 e. The van der Waals surface area contributed by atoms with Crippen molar-refractivity contribution in [3.63, 3.8) is 0 Å². The van der Waals surface area contributed by atoms with Crippen molar-refractivity contribution >= 4 is 5.91 Å². The molecule has 1 amide bonds. The number of amides is 1.